The molecular formula is C11H10BrNO5. The number of phenols is 1. The SMILES string of the molecule is O=C(O)C[C@H](N=Cc1cc(Br)ccc1O)C(=O)O. The first kappa shape index (κ1) is 14.2. The molecule has 6 nitrogen and oxygen atoms in total. The van der Waals surface area contributed by atoms with Gasteiger partial charge in [0.25, 0.3) is 0 Å². The molecule has 1 atom stereocenters. The molecule has 1 aromatic rings. The molecule has 0 saturated carbocycles. The smallest absolute Gasteiger partial charge is 0.329 e. The van der Waals surface area contributed by atoms with E-state index in [4.69, 9.17) is 10.2 Å². The highest BCUT2D eigenvalue weighted by Crippen LogP contribution is 2.20. The fourth-order valence-corrected chi connectivity index (χ4v) is 1.55. The van der Waals surface area contributed by atoms with Crippen molar-refractivity contribution in [3.8, 4) is 5.75 Å². The molecule has 0 bridgehead atoms. The Morgan fingerprint density at radius 3 is 2.61 bits per heavy atom. The van der Waals surface area contributed by atoms with E-state index in [2.05, 4.69) is 20.9 Å². The lowest BCUT2D eigenvalue weighted by molar-refractivity contribution is -0.144. The Hall–Kier alpha value is -1.89. The first-order valence-corrected chi connectivity index (χ1v) is 5.65. The summed E-state index contributed by atoms with van der Waals surface area (Å²) < 4.78 is 0.687. The maximum Gasteiger partial charge on any atom is 0.329 e. The number of carbonyl (C=O) groups is 2. The number of hydrogen-bond donors (Lipinski definition) is 3. The van der Waals surface area contributed by atoms with Gasteiger partial charge in [0.1, 0.15) is 5.75 Å². The Morgan fingerprint density at radius 1 is 1.39 bits per heavy atom. The van der Waals surface area contributed by atoms with Crippen molar-refractivity contribution < 1.29 is 24.9 Å². The van der Waals surface area contributed by atoms with Crippen molar-refractivity contribution in [2.75, 3.05) is 0 Å². The van der Waals surface area contributed by atoms with E-state index in [1.54, 1.807) is 12.1 Å². The molecule has 1 rings (SSSR count). The highest BCUT2D eigenvalue weighted by Gasteiger charge is 2.19. The Balaban J connectivity index is 2.92. The van der Waals surface area contributed by atoms with Crippen LogP contribution in [0.3, 0.4) is 0 Å². The minimum atomic E-state index is -1.37. The monoisotopic (exact) mass is 315 g/mol. The zero-order valence-corrected chi connectivity index (χ0v) is 10.7. The summed E-state index contributed by atoms with van der Waals surface area (Å²) in [6.45, 7) is 0. The van der Waals surface area contributed by atoms with Crippen LogP contribution in [-0.4, -0.2) is 39.5 Å². The van der Waals surface area contributed by atoms with E-state index in [9.17, 15) is 14.7 Å². The van der Waals surface area contributed by atoms with E-state index in [0.29, 0.717) is 10.0 Å². The van der Waals surface area contributed by atoms with Crippen LogP contribution >= 0.6 is 15.9 Å². The number of hydrogen-bond acceptors (Lipinski definition) is 4. The fraction of sp³-hybridized carbons (Fsp3) is 0.182. The molecule has 0 aliphatic carbocycles. The first-order chi connectivity index (χ1) is 8.40. The molecule has 3 N–H and O–H groups in total. The van der Waals surface area contributed by atoms with E-state index in [1.165, 1.54) is 6.07 Å². The van der Waals surface area contributed by atoms with Gasteiger partial charge in [-0.1, -0.05) is 15.9 Å². The van der Waals surface area contributed by atoms with Crippen molar-refractivity contribution in [3.05, 3.63) is 28.2 Å². The second-order valence-corrected chi connectivity index (χ2v) is 4.35. The molecule has 0 saturated heterocycles. The number of aliphatic carboxylic acids is 2. The van der Waals surface area contributed by atoms with Gasteiger partial charge in [-0.25, -0.2) is 4.79 Å². The summed E-state index contributed by atoms with van der Waals surface area (Å²) in [7, 11) is 0. The predicted octanol–water partition coefficient (Wildman–Crippen LogP) is 1.50. The largest absolute Gasteiger partial charge is 0.507 e. The van der Waals surface area contributed by atoms with E-state index in [1.807, 2.05) is 0 Å². The van der Waals surface area contributed by atoms with Gasteiger partial charge in [-0.3, -0.25) is 9.79 Å². The van der Waals surface area contributed by atoms with Crippen LogP contribution < -0.4 is 0 Å². The molecule has 0 heterocycles. The number of rotatable bonds is 5. The second-order valence-electron chi connectivity index (χ2n) is 3.43. The van der Waals surface area contributed by atoms with Crippen molar-refractivity contribution in [3.63, 3.8) is 0 Å². The van der Waals surface area contributed by atoms with Gasteiger partial charge in [-0.05, 0) is 18.2 Å². The van der Waals surface area contributed by atoms with Gasteiger partial charge in [0.2, 0.25) is 0 Å². The van der Waals surface area contributed by atoms with Crippen LogP contribution in [0.1, 0.15) is 12.0 Å². The standard InChI is InChI=1S/C11H10BrNO5/c12-7-1-2-9(14)6(3-7)5-13-8(11(17)18)4-10(15)16/h1-3,5,8,14H,4H2,(H,15,16)(H,17,18)/t8-/m0/s1. The van der Waals surface area contributed by atoms with Gasteiger partial charge in [-0.15, -0.1) is 0 Å². The molecular weight excluding hydrogens is 306 g/mol. The summed E-state index contributed by atoms with van der Waals surface area (Å²) in [5.41, 5.74) is 0.306. The van der Waals surface area contributed by atoms with E-state index < -0.39 is 24.4 Å². The third-order valence-electron chi connectivity index (χ3n) is 2.04. The summed E-state index contributed by atoms with van der Waals surface area (Å²) in [4.78, 5) is 24.9. The number of nitrogens with zero attached hydrogens (tertiary/aromatic N) is 1. The molecule has 0 unspecified atom stereocenters. The third kappa shape index (κ3) is 4.17. The van der Waals surface area contributed by atoms with Crippen molar-refractivity contribution in [2.45, 2.75) is 12.5 Å². The second kappa shape index (κ2) is 6.15. The molecule has 0 aliphatic heterocycles. The molecule has 0 aliphatic rings. The zero-order chi connectivity index (χ0) is 13.7. The number of carboxylic acid groups (broad SMARTS) is 2. The Labute approximate surface area is 111 Å². The molecule has 0 spiro atoms. The van der Waals surface area contributed by atoms with Crippen LogP contribution in [0, 0.1) is 0 Å². The maximum atomic E-state index is 10.8. The Kier molecular flexibility index (Phi) is 4.85. The lowest BCUT2D eigenvalue weighted by Gasteiger charge is -2.04. The average molecular weight is 316 g/mol. The number of aliphatic imine (C=N–C) groups is 1. The molecule has 0 radical (unpaired) electrons. The Bertz CT molecular complexity index is 500. The van der Waals surface area contributed by atoms with E-state index in [-0.39, 0.29) is 5.75 Å². The maximum absolute atomic E-state index is 10.8. The summed E-state index contributed by atoms with van der Waals surface area (Å²) in [5, 5.41) is 26.8. The lowest BCUT2D eigenvalue weighted by Crippen LogP contribution is -2.21. The van der Waals surface area contributed by atoms with Gasteiger partial charge in [0.15, 0.2) is 6.04 Å². The van der Waals surface area contributed by atoms with Crippen molar-refractivity contribution >= 4 is 34.1 Å². The summed E-state index contributed by atoms with van der Waals surface area (Å²) >= 11 is 3.19. The van der Waals surface area contributed by atoms with Crippen LogP contribution in [0.4, 0.5) is 0 Å². The average Bonchev–Trinajstić information content (AvgIpc) is 2.27. The van der Waals surface area contributed by atoms with Gasteiger partial charge >= 0.3 is 11.9 Å². The number of phenolic OH excluding ortho intramolecular Hbond substituents is 1. The van der Waals surface area contributed by atoms with Gasteiger partial charge in [-0.2, -0.15) is 0 Å². The summed E-state index contributed by atoms with van der Waals surface area (Å²) in [6.07, 6.45) is 0.530. The highest BCUT2D eigenvalue weighted by atomic mass is 79.9. The van der Waals surface area contributed by atoms with Crippen molar-refractivity contribution in [1.29, 1.82) is 0 Å². The van der Waals surface area contributed by atoms with Crippen LogP contribution in [0.25, 0.3) is 0 Å². The van der Waals surface area contributed by atoms with Crippen LogP contribution in [-0.2, 0) is 9.59 Å². The normalized spacial score (nSPS) is 12.5. The third-order valence-corrected chi connectivity index (χ3v) is 2.53. The number of benzene rings is 1. The van der Waals surface area contributed by atoms with Crippen LogP contribution in [0.2, 0.25) is 0 Å². The molecule has 7 heteroatoms. The van der Waals surface area contributed by atoms with Crippen molar-refractivity contribution in [2.24, 2.45) is 4.99 Å². The van der Waals surface area contributed by atoms with Gasteiger partial charge in [0, 0.05) is 16.3 Å². The van der Waals surface area contributed by atoms with Crippen molar-refractivity contribution in [1.82, 2.24) is 0 Å². The molecule has 0 aromatic heterocycles. The first-order valence-electron chi connectivity index (χ1n) is 4.86. The van der Waals surface area contributed by atoms with Crippen LogP contribution in [0.15, 0.2) is 27.7 Å². The highest BCUT2D eigenvalue weighted by molar-refractivity contribution is 9.10. The molecule has 96 valence electrons. The topological polar surface area (TPSA) is 107 Å². The number of halogens is 1. The fourth-order valence-electron chi connectivity index (χ4n) is 1.17. The van der Waals surface area contributed by atoms with E-state index in [0.717, 1.165) is 6.21 Å². The molecule has 1 aromatic carbocycles. The quantitative estimate of drug-likeness (QED) is 0.714. The van der Waals surface area contributed by atoms with Gasteiger partial charge < -0.3 is 15.3 Å². The van der Waals surface area contributed by atoms with Crippen LogP contribution in [0.5, 0.6) is 5.75 Å². The molecule has 0 fully saturated rings. The minimum Gasteiger partial charge on any atom is -0.507 e. The molecule has 18 heavy (non-hydrogen) atoms. The van der Waals surface area contributed by atoms with Gasteiger partial charge in [0.05, 0.1) is 6.42 Å². The number of carboxylic acids is 2. The molecule has 0 amide bonds. The summed E-state index contributed by atoms with van der Waals surface area (Å²) in [6, 6.07) is 3.19. The zero-order valence-electron chi connectivity index (χ0n) is 9.08. The Morgan fingerprint density at radius 2 is 2.06 bits per heavy atom. The number of aromatic hydroxyl groups is 1. The minimum absolute atomic E-state index is 0.0681. The lowest BCUT2D eigenvalue weighted by atomic mass is 10.2. The van der Waals surface area contributed by atoms with E-state index >= 15 is 0 Å². The predicted molar refractivity (Wildman–Crippen MR) is 67.1 cm³/mol. The summed E-state index contributed by atoms with van der Waals surface area (Å²) in [5.74, 6) is -2.65.